The summed E-state index contributed by atoms with van der Waals surface area (Å²) in [6.07, 6.45) is 6.52. The topological polar surface area (TPSA) is 27.0 Å². The Hall–Kier alpha value is -0.550. The first-order valence-electron chi connectivity index (χ1n) is 5.52. The molecule has 1 unspecified atom stereocenters. The number of fused-ring (bicyclic) bond motifs is 1. The summed E-state index contributed by atoms with van der Waals surface area (Å²) in [4.78, 5) is 2.42. The highest BCUT2D eigenvalue weighted by Crippen LogP contribution is 2.38. The molecule has 2 heteroatoms. The molecule has 0 aromatic rings. The molecule has 0 amide bonds. The van der Waals surface area contributed by atoms with Crippen molar-refractivity contribution in [3.63, 3.8) is 0 Å². The molecule has 2 nitrogen and oxygen atoms in total. The average Bonchev–Trinajstić information content (AvgIpc) is 2.14. The first kappa shape index (κ1) is 9.02. The molecule has 2 fully saturated rings. The Morgan fingerprint density at radius 1 is 1.46 bits per heavy atom. The van der Waals surface area contributed by atoms with Crippen LogP contribution in [0.25, 0.3) is 0 Å². The molecule has 1 aliphatic carbocycles. The average molecular weight is 178 g/mol. The van der Waals surface area contributed by atoms with Crippen LogP contribution in [0.4, 0.5) is 0 Å². The lowest BCUT2D eigenvalue weighted by Crippen LogP contribution is -2.60. The van der Waals surface area contributed by atoms with Gasteiger partial charge in [-0.3, -0.25) is 4.90 Å². The Labute approximate surface area is 80.5 Å². The van der Waals surface area contributed by atoms with Crippen molar-refractivity contribution in [3.05, 3.63) is 0 Å². The van der Waals surface area contributed by atoms with Crippen molar-refractivity contribution >= 4 is 0 Å². The minimum Gasteiger partial charge on any atom is -0.284 e. The largest absolute Gasteiger partial charge is 0.284 e. The molecule has 1 saturated heterocycles. The van der Waals surface area contributed by atoms with Gasteiger partial charge in [-0.25, -0.2) is 0 Å². The Balaban J connectivity index is 1.93. The molecule has 0 aromatic carbocycles. The number of hydrogen-bond donors (Lipinski definition) is 0. The van der Waals surface area contributed by atoms with Crippen LogP contribution in [-0.2, 0) is 0 Å². The molecule has 0 radical (unpaired) electrons. The maximum absolute atomic E-state index is 8.96. The number of nitriles is 1. The zero-order chi connectivity index (χ0) is 9.26. The van der Waals surface area contributed by atoms with Gasteiger partial charge in [-0.15, -0.1) is 0 Å². The Morgan fingerprint density at radius 2 is 2.23 bits per heavy atom. The van der Waals surface area contributed by atoms with Crippen molar-refractivity contribution in [1.82, 2.24) is 4.90 Å². The SMILES string of the molecule is CCC(C#N)N1C[C@H]2CCCC[C@H]21. The van der Waals surface area contributed by atoms with Gasteiger partial charge in [-0.05, 0) is 25.2 Å². The van der Waals surface area contributed by atoms with Gasteiger partial charge in [0, 0.05) is 12.6 Å². The lowest BCUT2D eigenvalue weighted by Gasteiger charge is -2.52. The van der Waals surface area contributed by atoms with Gasteiger partial charge in [0.1, 0.15) is 0 Å². The van der Waals surface area contributed by atoms with Crippen molar-refractivity contribution in [2.75, 3.05) is 6.54 Å². The highest BCUT2D eigenvalue weighted by molar-refractivity contribution is 5.03. The maximum atomic E-state index is 8.96. The lowest BCUT2D eigenvalue weighted by molar-refractivity contribution is -0.0328. The molecular weight excluding hydrogens is 160 g/mol. The first-order valence-corrected chi connectivity index (χ1v) is 5.52. The summed E-state index contributed by atoms with van der Waals surface area (Å²) in [5.41, 5.74) is 0. The molecule has 1 saturated carbocycles. The van der Waals surface area contributed by atoms with Crippen molar-refractivity contribution < 1.29 is 0 Å². The van der Waals surface area contributed by atoms with Gasteiger partial charge < -0.3 is 0 Å². The summed E-state index contributed by atoms with van der Waals surface area (Å²) in [5, 5.41) is 8.96. The molecule has 3 atom stereocenters. The van der Waals surface area contributed by atoms with Crippen molar-refractivity contribution in [2.45, 2.75) is 51.1 Å². The third-order valence-corrected chi connectivity index (χ3v) is 3.68. The molecule has 2 rings (SSSR count). The van der Waals surface area contributed by atoms with Crippen molar-refractivity contribution in [3.8, 4) is 6.07 Å². The number of likely N-dealkylation sites (tertiary alicyclic amines) is 1. The second-order valence-corrected chi connectivity index (χ2v) is 4.36. The monoisotopic (exact) mass is 178 g/mol. The van der Waals surface area contributed by atoms with Crippen LogP contribution < -0.4 is 0 Å². The van der Waals surface area contributed by atoms with Crippen LogP contribution in [0.5, 0.6) is 0 Å². The van der Waals surface area contributed by atoms with E-state index in [0.717, 1.165) is 18.4 Å². The predicted octanol–water partition coefficient (Wildman–Crippen LogP) is 2.16. The fourth-order valence-corrected chi connectivity index (χ4v) is 2.86. The second-order valence-electron chi connectivity index (χ2n) is 4.36. The minimum absolute atomic E-state index is 0.194. The molecule has 2 aliphatic rings. The van der Waals surface area contributed by atoms with E-state index in [1.165, 1.54) is 32.2 Å². The molecule has 0 bridgehead atoms. The third-order valence-electron chi connectivity index (χ3n) is 3.68. The standard InChI is InChI=1S/C11H18N2/c1-2-10(7-12)13-8-9-5-3-4-6-11(9)13/h9-11H,2-6,8H2,1H3/t9-,10?,11-/m1/s1. The van der Waals surface area contributed by atoms with Crippen LogP contribution in [0.2, 0.25) is 0 Å². The van der Waals surface area contributed by atoms with Gasteiger partial charge in [0.05, 0.1) is 12.1 Å². The van der Waals surface area contributed by atoms with E-state index in [4.69, 9.17) is 5.26 Å². The van der Waals surface area contributed by atoms with Crippen LogP contribution in [-0.4, -0.2) is 23.5 Å². The van der Waals surface area contributed by atoms with E-state index in [9.17, 15) is 0 Å². The van der Waals surface area contributed by atoms with Crippen molar-refractivity contribution in [1.29, 1.82) is 5.26 Å². The Bertz CT molecular complexity index is 219. The van der Waals surface area contributed by atoms with E-state index in [-0.39, 0.29) is 6.04 Å². The molecule has 1 heterocycles. The summed E-state index contributed by atoms with van der Waals surface area (Å²) >= 11 is 0. The summed E-state index contributed by atoms with van der Waals surface area (Å²) in [6.45, 7) is 3.31. The highest BCUT2D eigenvalue weighted by Gasteiger charge is 2.42. The van der Waals surface area contributed by atoms with E-state index in [0.29, 0.717) is 0 Å². The van der Waals surface area contributed by atoms with Crippen LogP contribution in [0, 0.1) is 17.2 Å². The highest BCUT2D eigenvalue weighted by atomic mass is 15.3. The zero-order valence-corrected chi connectivity index (χ0v) is 8.37. The van der Waals surface area contributed by atoms with E-state index >= 15 is 0 Å². The fraction of sp³-hybridized carbons (Fsp3) is 0.909. The Kier molecular flexibility index (Phi) is 2.55. The summed E-state index contributed by atoms with van der Waals surface area (Å²) in [7, 11) is 0. The van der Waals surface area contributed by atoms with Gasteiger partial charge in [0.25, 0.3) is 0 Å². The van der Waals surface area contributed by atoms with E-state index in [1.54, 1.807) is 0 Å². The molecule has 0 aromatic heterocycles. The van der Waals surface area contributed by atoms with Gasteiger partial charge in [-0.1, -0.05) is 19.8 Å². The molecule has 13 heavy (non-hydrogen) atoms. The third kappa shape index (κ3) is 1.46. The molecule has 1 aliphatic heterocycles. The van der Waals surface area contributed by atoms with Crippen LogP contribution in [0.3, 0.4) is 0 Å². The lowest BCUT2D eigenvalue weighted by atomic mass is 9.76. The number of rotatable bonds is 2. The Morgan fingerprint density at radius 3 is 2.85 bits per heavy atom. The van der Waals surface area contributed by atoms with E-state index in [2.05, 4.69) is 17.9 Å². The van der Waals surface area contributed by atoms with E-state index in [1.807, 2.05) is 0 Å². The molecule has 0 N–H and O–H groups in total. The van der Waals surface area contributed by atoms with Crippen molar-refractivity contribution in [2.24, 2.45) is 5.92 Å². The predicted molar refractivity (Wildman–Crippen MR) is 52.1 cm³/mol. The zero-order valence-electron chi connectivity index (χ0n) is 8.37. The quantitative estimate of drug-likeness (QED) is 0.648. The van der Waals surface area contributed by atoms with Crippen LogP contribution in [0.15, 0.2) is 0 Å². The summed E-state index contributed by atoms with van der Waals surface area (Å²) in [5.74, 6) is 0.927. The van der Waals surface area contributed by atoms with E-state index < -0.39 is 0 Å². The van der Waals surface area contributed by atoms with Gasteiger partial charge in [-0.2, -0.15) is 5.26 Å². The number of hydrogen-bond acceptors (Lipinski definition) is 2. The summed E-state index contributed by atoms with van der Waals surface area (Å²) in [6, 6.07) is 3.37. The molecule has 0 spiro atoms. The normalized spacial score (nSPS) is 35.7. The number of nitrogens with zero attached hydrogens (tertiary/aromatic N) is 2. The van der Waals surface area contributed by atoms with Gasteiger partial charge >= 0.3 is 0 Å². The smallest absolute Gasteiger partial charge is 0.0977 e. The molecule has 72 valence electrons. The second kappa shape index (κ2) is 3.67. The van der Waals surface area contributed by atoms with Gasteiger partial charge in [0.2, 0.25) is 0 Å². The van der Waals surface area contributed by atoms with Gasteiger partial charge in [0.15, 0.2) is 0 Å². The first-order chi connectivity index (χ1) is 6.36. The maximum Gasteiger partial charge on any atom is 0.0977 e. The minimum atomic E-state index is 0.194. The summed E-state index contributed by atoms with van der Waals surface area (Å²) < 4.78 is 0. The molecular formula is C11H18N2. The fourth-order valence-electron chi connectivity index (χ4n) is 2.86. The van der Waals surface area contributed by atoms with Crippen LogP contribution in [0.1, 0.15) is 39.0 Å². The van der Waals surface area contributed by atoms with Crippen LogP contribution >= 0.6 is 0 Å².